The van der Waals surface area contributed by atoms with Crippen molar-refractivity contribution < 1.29 is 14.5 Å². The summed E-state index contributed by atoms with van der Waals surface area (Å²) in [6.45, 7) is 15.0. The molecule has 2 N–H and O–H groups in total. The third kappa shape index (κ3) is 13.0. The zero-order valence-electron chi connectivity index (χ0n) is 14.4. The van der Waals surface area contributed by atoms with Crippen molar-refractivity contribution in [3.8, 4) is 0 Å². The maximum Gasteiger partial charge on any atom is 0.482 e. The lowest BCUT2D eigenvalue weighted by atomic mass is 10.1. The normalized spacial score (nSPS) is 10.9. The first-order valence-corrected chi connectivity index (χ1v) is 8.61. The lowest BCUT2D eigenvalue weighted by Gasteiger charge is -2.39. The summed E-state index contributed by atoms with van der Waals surface area (Å²) in [6.07, 6.45) is 11.1. The fraction of sp³-hybridized carbons (Fsp3) is 1.00. The Morgan fingerprint density at radius 3 is 0.950 bits per heavy atom. The van der Waals surface area contributed by atoms with Crippen LogP contribution < -0.4 is 0 Å². The Balaban J connectivity index is 0. The van der Waals surface area contributed by atoms with E-state index in [4.69, 9.17) is 10.0 Å². The summed E-state index contributed by atoms with van der Waals surface area (Å²) >= 11 is 0. The fourth-order valence-corrected chi connectivity index (χ4v) is 2.64. The Morgan fingerprint density at radius 2 is 0.800 bits per heavy atom. The summed E-state index contributed by atoms with van der Waals surface area (Å²) < 4.78 is 1.42. The van der Waals surface area contributed by atoms with E-state index in [-0.39, 0.29) is 7.69 Å². The molecule has 0 aliphatic rings. The topological polar surface area (TPSA) is 40.5 Å². The third-order valence-electron chi connectivity index (χ3n) is 3.94. The molecule has 0 aromatic carbocycles. The van der Waals surface area contributed by atoms with Crippen LogP contribution in [0.25, 0.3) is 0 Å². The molecule has 0 aliphatic carbocycles. The van der Waals surface area contributed by atoms with Gasteiger partial charge in [-0.3, -0.25) is 0 Å². The summed E-state index contributed by atoms with van der Waals surface area (Å²) in [7, 11) is 0. The molecule has 0 bridgehead atoms. The molecule has 0 fully saturated rings. The van der Waals surface area contributed by atoms with Gasteiger partial charge in [0, 0.05) is 0 Å². The quantitative estimate of drug-likeness (QED) is 0.426. The SMILES string of the molecule is CCCC[N+](CCCC)(CCCC)CCCC.O[B]O. The predicted octanol–water partition coefficient (Wildman–Crippen LogP) is 3.51. The molecule has 0 aliphatic heterocycles. The summed E-state index contributed by atoms with van der Waals surface area (Å²) in [5, 5.41) is 14.0. The highest BCUT2D eigenvalue weighted by Gasteiger charge is 2.24. The molecule has 0 rings (SSSR count). The van der Waals surface area contributed by atoms with Crippen molar-refractivity contribution in [1.82, 2.24) is 0 Å². The average molecular weight is 287 g/mol. The fourth-order valence-electron chi connectivity index (χ4n) is 2.64. The molecule has 0 amide bonds. The van der Waals surface area contributed by atoms with E-state index < -0.39 is 0 Å². The number of quaternary nitrogens is 1. The van der Waals surface area contributed by atoms with Gasteiger partial charge in [-0.1, -0.05) is 53.4 Å². The molecule has 0 aromatic rings. The zero-order chi connectivity index (χ0) is 15.7. The molecule has 0 saturated heterocycles. The smallest absolute Gasteiger partial charge is 0.429 e. The highest BCUT2D eigenvalue weighted by molar-refractivity contribution is 6.13. The minimum Gasteiger partial charge on any atom is -0.429 e. The molecule has 20 heavy (non-hydrogen) atoms. The summed E-state index contributed by atoms with van der Waals surface area (Å²) in [4.78, 5) is 0. The van der Waals surface area contributed by atoms with E-state index in [2.05, 4.69) is 27.7 Å². The number of nitrogens with zero attached hydrogens (tertiary/aromatic N) is 1. The van der Waals surface area contributed by atoms with Gasteiger partial charge in [-0.2, -0.15) is 0 Å². The van der Waals surface area contributed by atoms with E-state index in [1.165, 1.54) is 82.0 Å². The van der Waals surface area contributed by atoms with Crippen LogP contribution in [0, 0.1) is 0 Å². The molecule has 0 spiro atoms. The van der Waals surface area contributed by atoms with Gasteiger partial charge in [0.1, 0.15) is 0 Å². The number of hydrogen-bond donors (Lipinski definition) is 2. The molecular formula is C16H38BNO2+. The maximum absolute atomic E-state index is 7.00. The second-order valence-corrected chi connectivity index (χ2v) is 5.77. The molecule has 0 aromatic heterocycles. The van der Waals surface area contributed by atoms with E-state index in [0.717, 1.165) is 0 Å². The van der Waals surface area contributed by atoms with Gasteiger partial charge in [0.2, 0.25) is 0 Å². The van der Waals surface area contributed by atoms with Crippen LogP contribution in [0.4, 0.5) is 0 Å². The second kappa shape index (κ2) is 17.0. The van der Waals surface area contributed by atoms with Gasteiger partial charge in [0.25, 0.3) is 0 Å². The molecule has 0 atom stereocenters. The zero-order valence-corrected chi connectivity index (χ0v) is 14.4. The Bertz CT molecular complexity index is 142. The average Bonchev–Trinajstić information content (AvgIpc) is 2.46. The molecular weight excluding hydrogens is 249 g/mol. The summed E-state index contributed by atoms with van der Waals surface area (Å²) in [5.41, 5.74) is 0. The Kier molecular flexibility index (Phi) is 18.9. The lowest BCUT2D eigenvalue weighted by Crippen LogP contribution is -2.50. The number of rotatable bonds is 12. The molecule has 3 nitrogen and oxygen atoms in total. The van der Waals surface area contributed by atoms with E-state index >= 15 is 0 Å². The number of unbranched alkanes of at least 4 members (excludes halogenated alkanes) is 4. The highest BCUT2D eigenvalue weighted by Crippen LogP contribution is 2.16. The molecule has 0 saturated carbocycles. The van der Waals surface area contributed by atoms with Gasteiger partial charge >= 0.3 is 7.69 Å². The largest absolute Gasteiger partial charge is 0.482 e. The van der Waals surface area contributed by atoms with Gasteiger partial charge in [-0.15, -0.1) is 0 Å². The van der Waals surface area contributed by atoms with Crippen LogP contribution in [0.5, 0.6) is 0 Å². The van der Waals surface area contributed by atoms with Crippen molar-refractivity contribution in [2.24, 2.45) is 0 Å². The van der Waals surface area contributed by atoms with Crippen LogP contribution >= 0.6 is 0 Å². The molecule has 0 heterocycles. The Labute approximate surface area is 128 Å². The van der Waals surface area contributed by atoms with Crippen LogP contribution in [0.1, 0.15) is 79.1 Å². The van der Waals surface area contributed by atoms with Crippen LogP contribution in [0.2, 0.25) is 0 Å². The first kappa shape index (κ1) is 22.2. The maximum atomic E-state index is 7.00. The van der Waals surface area contributed by atoms with E-state index in [0.29, 0.717) is 0 Å². The van der Waals surface area contributed by atoms with Crippen molar-refractivity contribution in [2.75, 3.05) is 26.2 Å². The minimum absolute atomic E-state index is 0. The molecule has 121 valence electrons. The van der Waals surface area contributed by atoms with Crippen LogP contribution in [-0.2, 0) is 0 Å². The Hall–Kier alpha value is -0.0551. The van der Waals surface area contributed by atoms with E-state index in [1.807, 2.05) is 0 Å². The molecule has 0 unspecified atom stereocenters. The first-order valence-electron chi connectivity index (χ1n) is 8.61. The standard InChI is InChI=1S/C16H36N.BH2O2/c1-5-9-13-17(14-10-6-2,15-11-7-3)16-12-8-4;2-1-3/h5-16H2,1-4H3;2-3H/q+1;. The van der Waals surface area contributed by atoms with E-state index in [1.54, 1.807) is 0 Å². The van der Waals surface area contributed by atoms with Gasteiger partial charge in [0.15, 0.2) is 0 Å². The van der Waals surface area contributed by atoms with Crippen LogP contribution in [0.15, 0.2) is 0 Å². The van der Waals surface area contributed by atoms with Crippen LogP contribution in [-0.4, -0.2) is 48.4 Å². The summed E-state index contributed by atoms with van der Waals surface area (Å²) in [6, 6.07) is 0. The molecule has 1 radical (unpaired) electrons. The van der Waals surface area contributed by atoms with Crippen molar-refractivity contribution in [3.63, 3.8) is 0 Å². The monoisotopic (exact) mass is 287 g/mol. The van der Waals surface area contributed by atoms with Crippen LogP contribution in [0.3, 0.4) is 0 Å². The van der Waals surface area contributed by atoms with Gasteiger partial charge < -0.3 is 14.5 Å². The summed E-state index contributed by atoms with van der Waals surface area (Å²) in [5.74, 6) is 0. The first-order chi connectivity index (χ1) is 9.66. The predicted molar refractivity (Wildman–Crippen MR) is 89.6 cm³/mol. The van der Waals surface area contributed by atoms with Gasteiger partial charge in [0.05, 0.1) is 26.2 Å². The molecule has 4 heteroatoms. The van der Waals surface area contributed by atoms with Crippen molar-refractivity contribution >= 4 is 7.69 Å². The minimum atomic E-state index is 0. The van der Waals surface area contributed by atoms with Crippen molar-refractivity contribution in [2.45, 2.75) is 79.1 Å². The van der Waals surface area contributed by atoms with Crippen molar-refractivity contribution in [1.29, 1.82) is 0 Å². The Morgan fingerprint density at radius 1 is 0.600 bits per heavy atom. The van der Waals surface area contributed by atoms with Crippen molar-refractivity contribution in [3.05, 3.63) is 0 Å². The number of hydrogen-bond acceptors (Lipinski definition) is 2. The van der Waals surface area contributed by atoms with E-state index in [9.17, 15) is 0 Å². The van der Waals surface area contributed by atoms with Gasteiger partial charge in [-0.25, -0.2) is 0 Å². The lowest BCUT2D eigenvalue weighted by molar-refractivity contribution is -0.929. The third-order valence-corrected chi connectivity index (χ3v) is 3.94. The van der Waals surface area contributed by atoms with Gasteiger partial charge in [-0.05, 0) is 25.7 Å². The highest BCUT2D eigenvalue weighted by atomic mass is 16.4. The second-order valence-electron chi connectivity index (χ2n) is 5.77.